The Balaban J connectivity index is 3.77. The van der Waals surface area contributed by atoms with Gasteiger partial charge >= 0.3 is 5.97 Å². The van der Waals surface area contributed by atoms with E-state index in [-0.39, 0.29) is 6.54 Å². The number of aliphatic hydroxyl groups is 4. The second-order valence-corrected chi connectivity index (χ2v) is 4.77. The van der Waals surface area contributed by atoms with Crippen LogP contribution in [-0.2, 0) is 9.59 Å². The second kappa shape index (κ2) is 10.6. The summed E-state index contributed by atoms with van der Waals surface area (Å²) in [7, 11) is 0. The summed E-state index contributed by atoms with van der Waals surface area (Å²) in [5, 5.41) is 47.7. The number of carboxylic acids is 1. The highest BCUT2D eigenvalue weighted by Crippen LogP contribution is 2.01. The van der Waals surface area contributed by atoms with E-state index < -0.39 is 42.7 Å². The van der Waals surface area contributed by atoms with Gasteiger partial charge in [0.1, 0.15) is 24.4 Å². The zero-order chi connectivity index (χ0) is 16.4. The van der Waals surface area contributed by atoms with Crippen molar-refractivity contribution in [1.82, 2.24) is 5.32 Å². The number of hydrogen-bond acceptors (Lipinski definition) is 8. The summed E-state index contributed by atoms with van der Waals surface area (Å²) in [6.07, 6.45) is -3.59. The smallest absolute Gasteiger partial charge is 0.320 e. The molecule has 0 aromatic carbocycles. The minimum absolute atomic E-state index is 0.207. The molecule has 21 heavy (non-hydrogen) atoms. The molecule has 0 radical (unpaired) electrons. The van der Waals surface area contributed by atoms with Crippen molar-refractivity contribution in [3.05, 3.63) is 0 Å². The lowest BCUT2D eigenvalue weighted by Crippen LogP contribution is -2.46. The summed E-state index contributed by atoms with van der Waals surface area (Å²) in [4.78, 5) is 21.9. The van der Waals surface area contributed by atoms with Gasteiger partial charge in [0, 0.05) is 0 Å². The van der Waals surface area contributed by atoms with Crippen LogP contribution in [0.2, 0.25) is 0 Å². The first-order chi connectivity index (χ1) is 9.81. The highest BCUT2D eigenvalue weighted by molar-refractivity contribution is 5.85. The first-order valence-corrected chi connectivity index (χ1v) is 6.68. The lowest BCUT2D eigenvalue weighted by Gasteiger charge is -2.20. The van der Waals surface area contributed by atoms with Gasteiger partial charge in [-0.1, -0.05) is 6.42 Å². The maximum Gasteiger partial charge on any atom is 0.320 e. The van der Waals surface area contributed by atoms with Crippen molar-refractivity contribution in [1.29, 1.82) is 0 Å². The van der Waals surface area contributed by atoms with Crippen molar-refractivity contribution in [3.8, 4) is 0 Å². The third-order valence-electron chi connectivity index (χ3n) is 2.97. The number of aliphatic carboxylic acids is 1. The molecule has 0 aliphatic rings. The Bertz CT molecular complexity index is 327. The number of Topliss-reactive ketones (excluding diaryl/α,β-unsaturated/α-hetero) is 1. The van der Waals surface area contributed by atoms with Gasteiger partial charge in [-0.15, -0.1) is 0 Å². The molecule has 0 aliphatic heterocycles. The van der Waals surface area contributed by atoms with Crippen LogP contribution in [0.1, 0.15) is 19.3 Å². The molecule has 4 atom stereocenters. The SMILES string of the molecule is NC(CCCCNCC(=O)[C@@H](O)[C@H](O)[C@H](O)CO)C(=O)O. The molecule has 9 nitrogen and oxygen atoms in total. The Morgan fingerprint density at radius 3 is 2.29 bits per heavy atom. The number of aliphatic hydroxyl groups excluding tert-OH is 4. The Labute approximate surface area is 122 Å². The van der Waals surface area contributed by atoms with Crippen LogP contribution in [0.15, 0.2) is 0 Å². The molecule has 0 saturated heterocycles. The van der Waals surface area contributed by atoms with E-state index in [1.54, 1.807) is 0 Å². The first kappa shape index (κ1) is 19.9. The molecule has 0 spiro atoms. The third-order valence-corrected chi connectivity index (χ3v) is 2.97. The predicted octanol–water partition coefficient (Wildman–Crippen LogP) is -3.20. The van der Waals surface area contributed by atoms with Gasteiger partial charge in [-0.3, -0.25) is 9.59 Å². The van der Waals surface area contributed by atoms with Gasteiger partial charge in [0.2, 0.25) is 0 Å². The monoisotopic (exact) mass is 308 g/mol. The fourth-order valence-electron chi connectivity index (χ4n) is 1.56. The summed E-state index contributed by atoms with van der Waals surface area (Å²) >= 11 is 0. The standard InChI is InChI=1S/C12H24N2O7/c13-7(12(20)21)3-1-2-4-14-5-8(16)10(18)11(19)9(17)6-15/h7,9-11,14-15,17-19H,1-6,13H2,(H,20,21)/t7?,9-,10-,11-/m1/s1. The molecule has 0 aromatic rings. The fraction of sp³-hybridized carbons (Fsp3) is 0.833. The van der Waals surface area contributed by atoms with E-state index in [1.807, 2.05) is 0 Å². The van der Waals surface area contributed by atoms with E-state index in [1.165, 1.54) is 0 Å². The number of carbonyl (C=O) groups is 2. The van der Waals surface area contributed by atoms with Crippen LogP contribution in [0.5, 0.6) is 0 Å². The Hall–Kier alpha value is -1.10. The lowest BCUT2D eigenvalue weighted by atomic mass is 10.0. The molecule has 0 aromatic heterocycles. The number of ketones is 1. The molecule has 1 unspecified atom stereocenters. The van der Waals surface area contributed by atoms with Gasteiger partial charge in [-0.05, 0) is 19.4 Å². The molecule has 8 N–H and O–H groups in total. The minimum atomic E-state index is -1.78. The molecular formula is C12H24N2O7. The molecule has 0 saturated carbocycles. The topological polar surface area (TPSA) is 173 Å². The molecule has 0 heterocycles. The molecule has 124 valence electrons. The van der Waals surface area contributed by atoms with Crippen molar-refractivity contribution in [2.75, 3.05) is 19.7 Å². The number of carboxylic acid groups (broad SMARTS) is 1. The molecule has 0 aliphatic carbocycles. The summed E-state index contributed by atoms with van der Waals surface area (Å²) in [6.45, 7) is -0.548. The largest absolute Gasteiger partial charge is 0.480 e. The van der Waals surface area contributed by atoms with Gasteiger partial charge in [-0.25, -0.2) is 0 Å². The van der Waals surface area contributed by atoms with Crippen LogP contribution >= 0.6 is 0 Å². The van der Waals surface area contributed by atoms with E-state index in [0.29, 0.717) is 25.8 Å². The fourth-order valence-corrected chi connectivity index (χ4v) is 1.56. The molecule has 0 fully saturated rings. The lowest BCUT2D eigenvalue weighted by molar-refractivity contribution is -0.139. The van der Waals surface area contributed by atoms with Gasteiger partial charge in [0.05, 0.1) is 13.2 Å². The highest BCUT2D eigenvalue weighted by Gasteiger charge is 2.29. The molecule has 0 bridgehead atoms. The van der Waals surface area contributed by atoms with Crippen LogP contribution in [0.3, 0.4) is 0 Å². The average Bonchev–Trinajstić information content (AvgIpc) is 2.47. The third kappa shape index (κ3) is 8.05. The van der Waals surface area contributed by atoms with Crippen molar-refractivity contribution < 1.29 is 35.1 Å². The first-order valence-electron chi connectivity index (χ1n) is 6.68. The maximum absolute atomic E-state index is 11.5. The van der Waals surface area contributed by atoms with Crippen molar-refractivity contribution >= 4 is 11.8 Å². The number of nitrogens with one attached hydrogen (secondary N) is 1. The number of rotatable bonds is 12. The molecule has 9 heteroatoms. The average molecular weight is 308 g/mol. The molecule has 0 amide bonds. The Morgan fingerprint density at radius 2 is 1.76 bits per heavy atom. The zero-order valence-electron chi connectivity index (χ0n) is 11.7. The van der Waals surface area contributed by atoms with Crippen molar-refractivity contribution in [2.24, 2.45) is 5.73 Å². The zero-order valence-corrected chi connectivity index (χ0v) is 11.7. The van der Waals surface area contributed by atoms with Gasteiger partial charge in [-0.2, -0.15) is 0 Å². The normalized spacial score (nSPS) is 17.0. The van der Waals surface area contributed by atoms with Gasteiger partial charge in [0.15, 0.2) is 5.78 Å². The summed E-state index contributed by atoms with van der Waals surface area (Å²) in [5.41, 5.74) is 5.31. The van der Waals surface area contributed by atoms with E-state index in [2.05, 4.69) is 5.32 Å². The summed E-state index contributed by atoms with van der Waals surface area (Å²) in [5.74, 6) is -1.77. The molecular weight excluding hydrogens is 284 g/mol. The summed E-state index contributed by atoms with van der Waals surface area (Å²) in [6, 6.07) is -0.899. The van der Waals surface area contributed by atoms with E-state index >= 15 is 0 Å². The van der Waals surface area contributed by atoms with E-state index in [4.69, 9.17) is 21.1 Å². The predicted molar refractivity (Wildman–Crippen MR) is 72.4 cm³/mol. The Kier molecular flexibility index (Phi) is 10.0. The number of nitrogens with two attached hydrogens (primary N) is 1. The second-order valence-electron chi connectivity index (χ2n) is 4.77. The van der Waals surface area contributed by atoms with Gasteiger partial charge in [0.25, 0.3) is 0 Å². The minimum Gasteiger partial charge on any atom is -0.480 e. The van der Waals surface area contributed by atoms with Crippen LogP contribution in [0.4, 0.5) is 0 Å². The molecule has 0 rings (SSSR count). The van der Waals surface area contributed by atoms with Crippen molar-refractivity contribution in [2.45, 2.75) is 43.6 Å². The highest BCUT2D eigenvalue weighted by atomic mass is 16.4. The quantitative estimate of drug-likeness (QED) is 0.183. The maximum atomic E-state index is 11.5. The number of hydrogen-bond donors (Lipinski definition) is 7. The number of unbranched alkanes of at least 4 members (excludes halogenated alkanes) is 1. The number of carbonyl (C=O) groups excluding carboxylic acids is 1. The van der Waals surface area contributed by atoms with Crippen molar-refractivity contribution in [3.63, 3.8) is 0 Å². The van der Waals surface area contributed by atoms with Crippen LogP contribution < -0.4 is 11.1 Å². The van der Waals surface area contributed by atoms with Gasteiger partial charge < -0.3 is 36.6 Å². The van der Waals surface area contributed by atoms with E-state index in [9.17, 15) is 19.8 Å². The summed E-state index contributed by atoms with van der Waals surface area (Å²) < 4.78 is 0. The van der Waals surface area contributed by atoms with Crippen LogP contribution in [0.25, 0.3) is 0 Å². The van der Waals surface area contributed by atoms with Crippen LogP contribution in [-0.4, -0.2) is 81.3 Å². The van der Waals surface area contributed by atoms with Crippen LogP contribution in [0, 0.1) is 0 Å². The van der Waals surface area contributed by atoms with E-state index in [0.717, 1.165) is 0 Å². The Morgan fingerprint density at radius 1 is 1.14 bits per heavy atom.